The summed E-state index contributed by atoms with van der Waals surface area (Å²) in [4.78, 5) is 33.5. The van der Waals surface area contributed by atoms with Crippen LogP contribution in [-0.2, 0) is 16.6 Å². The number of nitrogens with zero attached hydrogens (tertiary/aromatic N) is 3. The molecular formula is C20H23N5O3. The summed E-state index contributed by atoms with van der Waals surface area (Å²) in [7, 11) is 3.31. The second-order valence-electron chi connectivity index (χ2n) is 6.73. The Morgan fingerprint density at radius 1 is 1.21 bits per heavy atom. The smallest absolute Gasteiger partial charge is 0.253 e. The van der Waals surface area contributed by atoms with Crippen LogP contribution in [0.3, 0.4) is 0 Å². The number of fused-ring (bicyclic) bond motifs is 1. The van der Waals surface area contributed by atoms with E-state index in [9.17, 15) is 9.59 Å². The quantitative estimate of drug-likeness (QED) is 0.683. The molecule has 0 bridgehead atoms. The molecule has 0 aliphatic rings. The van der Waals surface area contributed by atoms with Crippen LogP contribution in [0.5, 0.6) is 0 Å². The van der Waals surface area contributed by atoms with Gasteiger partial charge in [-0.1, -0.05) is 0 Å². The molecule has 0 unspecified atom stereocenters. The lowest BCUT2D eigenvalue weighted by molar-refractivity contribution is -0.119. The molecule has 0 fully saturated rings. The topological polar surface area (TPSA) is 98.1 Å². The van der Waals surface area contributed by atoms with Gasteiger partial charge in [-0.15, -0.1) is 0 Å². The summed E-state index contributed by atoms with van der Waals surface area (Å²) < 4.78 is 6.73. The third-order valence-electron chi connectivity index (χ3n) is 4.13. The summed E-state index contributed by atoms with van der Waals surface area (Å²) in [5, 5.41) is 5.65. The number of anilines is 1. The average molecular weight is 381 g/mol. The summed E-state index contributed by atoms with van der Waals surface area (Å²) in [6.07, 6.45) is 3.38. The highest BCUT2D eigenvalue weighted by molar-refractivity contribution is 6.08. The van der Waals surface area contributed by atoms with Crippen LogP contribution in [0.25, 0.3) is 22.4 Å². The SMILES string of the molecule is COCC(=O)Nc1cc(C(=O)NC(C)C)c2c(c1)nc(-c1ccncc1)n2C. The van der Waals surface area contributed by atoms with Crippen molar-refractivity contribution in [2.45, 2.75) is 19.9 Å². The number of ether oxygens (including phenoxy) is 1. The van der Waals surface area contributed by atoms with Crippen molar-refractivity contribution in [3.8, 4) is 11.4 Å². The monoisotopic (exact) mass is 381 g/mol. The van der Waals surface area contributed by atoms with E-state index in [0.717, 1.165) is 5.56 Å². The lowest BCUT2D eigenvalue weighted by Gasteiger charge is -2.12. The van der Waals surface area contributed by atoms with E-state index < -0.39 is 0 Å². The molecule has 146 valence electrons. The summed E-state index contributed by atoms with van der Waals surface area (Å²) >= 11 is 0. The number of methoxy groups -OCH3 is 1. The summed E-state index contributed by atoms with van der Waals surface area (Å²) in [5.41, 5.74) is 3.11. The van der Waals surface area contributed by atoms with E-state index in [1.54, 1.807) is 24.5 Å². The van der Waals surface area contributed by atoms with E-state index >= 15 is 0 Å². The Hall–Kier alpha value is -3.26. The van der Waals surface area contributed by atoms with Crippen LogP contribution in [0.15, 0.2) is 36.7 Å². The predicted octanol–water partition coefficient (Wildman–Crippen LogP) is 2.36. The first-order valence-corrected chi connectivity index (χ1v) is 8.91. The summed E-state index contributed by atoms with van der Waals surface area (Å²) in [6.45, 7) is 3.71. The molecule has 3 aromatic rings. The molecule has 1 aromatic carbocycles. The Morgan fingerprint density at radius 3 is 2.57 bits per heavy atom. The fraction of sp³-hybridized carbons (Fsp3) is 0.300. The first-order valence-electron chi connectivity index (χ1n) is 8.91. The van der Waals surface area contributed by atoms with Crippen LogP contribution >= 0.6 is 0 Å². The molecule has 0 spiro atoms. The van der Waals surface area contributed by atoms with Crippen molar-refractivity contribution in [3.63, 3.8) is 0 Å². The predicted molar refractivity (Wildman–Crippen MR) is 107 cm³/mol. The lowest BCUT2D eigenvalue weighted by atomic mass is 10.1. The molecular weight excluding hydrogens is 358 g/mol. The Bertz CT molecular complexity index is 1010. The van der Waals surface area contributed by atoms with E-state index in [4.69, 9.17) is 9.72 Å². The minimum Gasteiger partial charge on any atom is -0.375 e. The number of amides is 2. The molecule has 28 heavy (non-hydrogen) atoms. The van der Waals surface area contributed by atoms with Crippen LogP contribution in [0.4, 0.5) is 5.69 Å². The number of carbonyl (C=O) groups is 2. The number of hydrogen-bond donors (Lipinski definition) is 2. The lowest BCUT2D eigenvalue weighted by Crippen LogP contribution is -2.30. The third kappa shape index (κ3) is 4.01. The molecule has 0 radical (unpaired) electrons. The van der Waals surface area contributed by atoms with Gasteiger partial charge in [0.05, 0.1) is 16.6 Å². The summed E-state index contributed by atoms with van der Waals surface area (Å²) in [5.74, 6) is 0.172. The molecule has 0 saturated heterocycles. The van der Waals surface area contributed by atoms with Gasteiger partial charge >= 0.3 is 0 Å². The molecule has 0 saturated carbocycles. The number of pyridine rings is 1. The van der Waals surface area contributed by atoms with Crippen LogP contribution in [-0.4, -0.2) is 46.1 Å². The van der Waals surface area contributed by atoms with Gasteiger partial charge in [0.15, 0.2) is 0 Å². The van der Waals surface area contributed by atoms with E-state index in [2.05, 4.69) is 15.6 Å². The van der Waals surface area contributed by atoms with Gasteiger partial charge in [-0.3, -0.25) is 14.6 Å². The van der Waals surface area contributed by atoms with Gasteiger partial charge in [0.1, 0.15) is 12.4 Å². The van der Waals surface area contributed by atoms with E-state index in [1.807, 2.05) is 37.6 Å². The fourth-order valence-electron chi connectivity index (χ4n) is 3.02. The van der Waals surface area contributed by atoms with Gasteiger partial charge in [0.25, 0.3) is 5.91 Å². The molecule has 0 aliphatic heterocycles. The number of aromatic nitrogens is 3. The Kier molecular flexibility index (Phi) is 5.70. The van der Waals surface area contributed by atoms with Crippen molar-refractivity contribution in [2.24, 2.45) is 7.05 Å². The number of nitrogens with one attached hydrogen (secondary N) is 2. The highest BCUT2D eigenvalue weighted by atomic mass is 16.5. The van der Waals surface area contributed by atoms with Crippen molar-refractivity contribution < 1.29 is 14.3 Å². The van der Waals surface area contributed by atoms with Crippen LogP contribution < -0.4 is 10.6 Å². The minimum atomic E-state index is -0.303. The number of benzene rings is 1. The van der Waals surface area contributed by atoms with Crippen molar-refractivity contribution >= 4 is 28.5 Å². The average Bonchev–Trinajstić information content (AvgIpc) is 2.98. The molecule has 8 heteroatoms. The fourth-order valence-corrected chi connectivity index (χ4v) is 3.02. The van der Waals surface area contributed by atoms with Gasteiger partial charge < -0.3 is 19.9 Å². The maximum atomic E-state index is 12.8. The van der Waals surface area contributed by atoms with E-state index in [-0.39, 0.29) is 24.5 Å². The normalized spacial score (nSPS) is 11.0. The number of hydrogen-bond acceptors (Lipinski definition) is 5. The van der Waals surface area contributed by atoms with Gasteiger partial charge in [0.2, 0.25) is 5.91 Å². The molecule has 2 N–H and O–H groups in total. The molecule has 8 nitrogen and oxygen atoms in total. The van der Waals surface area contributed by atoms with Crippen molar-refractivity contribution in [1.82, 2.24) is 19.9 Å². The first-order chi connectivity index (χ1) is 13.4. The standard InChI is InChI=1S/C20H23N5O3/c1-12(2)22-20(27)15-9-14(23-17(26)11-28-4)10-16-18(15)25(3)19(24-16)13-5-7-21-8-6-13/h5-10,12H,11H2,1-4H3,(H,22,27)(H,23,26). The number of rotatable bonds is 6. The van der Waals surface area contributed by atoms with Gasteiger partial charge in [-0.05, 0) is 38.1 Å². The third-order valence-corrected chi connectivity index (χ3v) is 4.13. The molecule has 0 aliphatic carbocycles. The zero-order valence-electron chi connectivity index (χ0n) is 16.3. The molecule has 3 rings (SSSR count). The maximum Gasteiger partial charge on any atom is 0.253 e. The Balaban J connectivity index is 2.16. The van der Waals surface area contributed by atoms with Crippen LogP contribution in [0.2, 0.25) is 0 Å². The van der Waals surface area contributed by atoms with Crippen molar-refractivity contribution in [1.29, 1.82) is 0 Å². The van der Waals surface area contributed by atoms with Crippen molar-refractivity contribution in [3.05, 3.63) is 42.2 Å². The molecule has 2 amide bonds. The second kappa shape index (κ2) is 8.18. The Labute approximate surface area is 162 Å². The Morgan fingerprint density at radius 2 is 1.93 bits per heavy atom. The van der Waals surface area contributed by atoms with Gasteiger partial charge in [-0.2, -0.15) is 0 Å². The van der Waals surface area contributed by atoms with Crippen LogP contribution in [0.1, 0.15) is 24.2 Å². The zero-order valence-corrected chi connectivity index (χ0v) is 16.3. The highest BCUT2D eigenvalue weighted by Crippen LogP contribution is 2.29. The first kappa shape index (κ1) is 19.5. The molecule has 2 aromatic heterocycles. The summed E-state index contributed by atoms with van der Waals surface area (Å²) in [6, 6.07) is 7.10. The minimum absolute atomic E-state index is 0.0258. The van der Waals surface area contributed by atoms with Crippen LogP contribution in [0, 0.1) is 0 Å². The number of carbonyl (C=O) groups excluding carboxylic acids is 2. The van der Waals surface area contributed by atoms with Gasteiger partial charge in [0, 0.05) is 43.8 Å². The van der Waals surface area contributed by atoms with Crippen molar-refractivity contribution in [2.75, 3.05) is 19.0 Å². The molecule has 2 heterocycles. The zero-order chi connectivity index (χ0) is 20.3. The molecule has 0 atom stereocenters. The largest absolute Gasteiger partial charge is 0.375 e. The van der Waals surface area contributed by atoms with E-state index in [1.165, 1.54) is 7.11 Å². The number of aryl methyl sites for hydroxylation is 1. The number of imidazole rings is 1. The van der Waals surface area contributed by atoms with E-state index in [0.29, 0.717) is 28.1 Å². The van der Waals surface area contributed by atoms with Gasteiger partial charge in [-0.25, -0.2) is 4.98 Å². The second-order valence-corrected chi connectivity index (χ2v) is 6.73. The maximum absolute atomic E-state index is 12.8. The highest BCUT2D eigenvalue weighted by Gasteiger charge is 2.20.